The van der Waals surface area contributed by atoms with Gasteiger partial charge in [-0.15, -0.1) is 0 Å². The molecule has 12 nitrogen and oxygen atoms in total. The molecule has 3 amide bonds. The summed E-state index contributed by atoms with van der Waals surface area (Å²) in [7, 11) is 1.52. The van der Waals surface area contributed by atoms with E-state index in [-0.39, 0.29) is 37.1 Å². The number of likely N-dealkylation sites (tertiary alicyclic amines) is 1. The third-order valence-electron chi connectivity index (χ3n) is 8.44. The van der Waals surface area contributed by atoms with Crippen molar-refractivity contribution in [2.24, 2.45) is 0 Å². The monoisotopic (exact) mass is 650 g/mol. The predicted octanol–water partition coefficient (Wildman–Crippen LogP) is 3.64. The van der Waals surface area contributed by atoms with E-state index >= 15 is 4.39 Å². The second-order valence-corrected chi connectivity index (χ2v) is 11.5. The number of piperidine rings is 1. The standard InChI is InChI=1S/C35H31FN6O6/c1-46-31-16-25-10-8-23(31)17-37-33(43)19-47-24-5-2-4-21(14-24)22-9-11-27(36)26(15-22)34(44)40-28-18-41(13-12-30(28)48-25)35(45)29-6-3-7-32-38-20-39-42(29)32/h2-11,14-16,20,28,30H,12-13,17-19H2,1H3,(H,37,43)(H,40,44)/t28-,30+/m1/s1. The molecule has 1 saturated heterocycles. The number of amides is 3. The van der Waals surface area contributed by atoms with Gasteiger partial charge in [0.15, 0.2) is 12.3 Å². The van der Waals surface area contributed by atoms with Gasteiger partial charge in [0.1, 0.15) is 41.2 Å². The Kier molecular flexibility index (Phi) is 8.32. The molecule has 48 heavy (non-hydrogen) atoms. The third kappa shape index (κ3) is 6.21. The van der Waals surface area contributed by atoms with Crippen LogP contribution in [0.15, 0.2) is 85.2 Å². The van der Waals surface area contributed by atoms with Gasteiger partial charge in [0.2, 0.25) is 0 Å². The van der Waals surface area contributed by atoms with Crippen LogP contribution in [0.4, 0.5) is 4.39 Å². The highest BCUT2D eigenvalue weighted by Crippen LogP contribution is 2.29. The van der Waals surface area contributed by atoms with E-state index in [4.69, 9.17) is 14.2 Å². The molecule has 3 aromatic carbocycles. The number of rotatable bonds is 2. The van der Waals surface area contributed by atoms with Gasteiger partial charge in [-0.3, -0.25) is 14.4 Å². The fourth-order valence-electron chi connectivity index (χ4n) is 5.97. The van der Waals surface area contributed by atoms with Crippen LogP contribution in [-0.2, 0) is 11.3 Å². The van der Waals surface area contributed by atoms with Gasteiger partial charge in [-0.05, 0) is 59.7 Å². The van der Waals surface area contributed by atoms with Gasteiger partial charge >= 0.3 is 0 Å². The highest BCUT2D eigenvalue weighted by molar-refractivity contribution is 5.96. The molecule has 244 valence electrons. The maximum Gasteiger partial charge on any atom is 0.272 e. The maximum atomic E-state index is 15.2. The van der Waals surface area contributed by atoms with E-state index in [1.165, 1.54) is 30.1 Å². The normalized spacial score (nSPS) is 18.2. The average Bonchev–Trinajstić information content (AvgIpc) is 3.60. The second-order valence-electron chi connectivity index (χ2n) is 11.5. The molecular weight excluding hydrogens is 619 g/mol. The Morgan fingerprint density at radius 1 is 1.00 bits per heavy atom. The van der Waals surface area contributed by atoms with E-state index in [0.29, 0.717) is 52.7 Å². The number of methoxy groups -OCH3 is 1. The number of fused-ring (bicyclic) bond motifs is 8. The van der Waals surface area contributed by atoms with E-state index < -0.39 is 23.9 Å². The van der Waals surface area contributed by atoms with Gasteiger partial charge in [0.25, 0.3) is 17.7 Å². The Hall–Kier alpha value is -5.98. The zero-order valence-electron chi connectivity index (χ0n) is 25.9. The second kappa shape index (κ2) is 13.0. The molecule has 3 aliphatic heterocycles. The van der Waals surface area contributed by atoms with Crippen LogP contribution < -0.4 is 24.8 Å². The molecular formula is C35H31FN6O6. The van der Waals surface area contributed by atoms with Gasteiger partial charge in [0, 0.05) is 37.7 Å². The predicted molar refractivity (Wildman–Crippen MR) is 171 cm³/mol. The summed E-state index contributed by atoms with van der Waals surface area (Å²) in [4.78, 5) is 46.0. The molecule has 3 aliphatic rings. The number of benzene rings is 3. The molecule has 0 saturated carbocycles. The van der Waals surface area contributed by atoms with Crippen molar-refractivity contribution in [3.63, 3.8) is 0 Å². The molecule has 0 aliphatic carbocycles. The Balaban J connectivity index is 1.24. The van der Waals surface area contributed by atoms with Crippen LogP contribution in [0, 0.1) is 5.82 Å². The third-order valence-corrected chi connectivity index (χ3v) is 8.44. The van der Waals surface area contributed by atoms with Crippen molar-refractivity contribution in [2.45, 2.75) is 25.1 Å². The zero-order valence-corrected chi connectivity index (χ0v) is 25.9. The highest BCUT2D eigenvalue weighted by Gasteiger charge is 2.36. The van der Waals surface area contributed by atoms with Crippen LogP contribution >= 0.6 is 0 Å². The molecule has 5 heterocycles. The molecule has 0 radical (unpaired) electrons. The maximum absolute atomic E-state index is 15.2. The van der Waals surface area contributed by atoms with E-state index in [1.807, 2.05) is 0 Å². The summed E-state index contributed by atoms with van der Waals surface area (Å²) < 4.78 is 34.4. The summed E-state index contributed by atoms with van der Waals surface area (Å²) >= 11 is 0. The number of halogens is 1. The minimum atomic E-state index is -0.722. The SMILES string of the molecule is COc1cc2ccc1CNC(=O)COc1cccc(c1)-c1ccc(F)c(c1)C(=O)N[C@@H]1CN(C(=O)c3cccc4ncnn34)CC[C@@H]1O2. The van der Waals surface area contributed by atoms with Gasteiger partial charge in [0.05, 0.1) is 18.7 Å². The smallest absolute Gasteiger partial charge is 0.272 e. The Labute approximate surface area is 274 Å². The minimum Gasteiger partial charge on any atom is -0.496 e. The van der Waals surface area contributed by atoms with Crippen molar-refractivity contribution in [1.82, 2.24) is 30.1 Å². The first kappa shape index (κ1) is 30.7. The summed E-state index contributed by atoms with van der Waals surface area (Å²) in [5.74, 6) is -0.612. The van der Waals surface area contributed by atoms with Gasteiger partial charge in [-0.25, -0.2) is 13.9 Å². The van der Waals surface area contributed by atoms with Crippen LogP contribution in [0.1, 0.15) is 32.8 Å². The number of aromatic nitrogens is 3. The number of hydrogen-bond donors (Lipinski definition) is 2. The molecule has 2 aromatic heterocycles. The van der Waals surface area contributed by atoms with Crippen molar-refractivity contribution in [1.29, 1.82) is 0 Å². The number of pyridine rings is 1. The average molecular weight is 651 g/mol. The van der Waals surface area contributed by atoms with Crippen molar-refractivity contribution >= 4 is 23.4 Å². The van der Waals surface area contributed by atoms with E-state index in [2.05, 4.69) is 20.7 Å². The van der Waals surface area contributed by atoms with Crippen molar-refractivity contribution in [3.05, 3.63) is 108 Å². The number of ether oxygens (including phenoxy) is 3. The minimum absolute atomic E-state index is 0.0856. The lowest BCUT2D eigenvalue weighted by Gasteiger charge is -2.39. The fourth-order valence-corrected chi connectivity index (χ4v) is 5.97. The Morgan fingerprint density at radius 2 is 1.85 bits per heavy atom. The molecule has 13 heteroatoms. The van der Waals surface area contributed by atoms with E-state index in [0.717, 1.165) is 5.56 Å². The van der Waals surface area contributed by atoms with Crippen LogP contribution in [-0.4, -0.2) is 76.2 Å². The first-order chi connectivity index (χ1) is 23.4. The van der Waals surface area contributed by atoms with Crippen molar-refractivity contribution in [2.75, 3.05) is 26.8 Å². The number of hydrogen-bond acceptors (Lipinski definition) is 8. The van der Waals surface area contributed by atoms with Crippen LogP contribution in [0.5, 0.6) is 17.2 Å². The molecule has 2 N–H and O–H groups in total. The lowest BCUT2D eigenvalue weighted by molar-refractivity contribution is -0.123. The Morgan fingerprint density at radius 3 is 2.73 bits per heavy atom. The summed E-state index contributed by atoms with van der Waals surface area (Å²) in [5, 5.41) is 9.99. The molecule has 5 aromatic rings. The van der Waals surface area contributed by atoms with Crippen molar-refractivity contribution < 1.29 is 33.0 Å². The highest BCUT2D eigenvalue weighted by atomic mass is 19.1. The van der Waals surface area contributed by atoms with Crippen LogP contribution in [0.2, 0.25) is 0 Å². The van der Waals surface area contributed by atoms with Crippen LogP contribution in [0.25, 0.3) is 16.8 Å². The van der Waals surface area contributed by atoms with Crippen molar-refractivity contribution in [3.8, 4) is 28.4 Å². The van der Waals surface area contributed by atoms with Gasteiger partial charge < -0.3 is 29.7 Å². The number of nitrogens with one attached hydrogen (secondary N) is 2. The van der Waals surface area contributed by atoms with E-state index in [1.54, 1.807) is 71.6 Å². The summed E-state index contributed by atoms with van der Waals surface area (Å²) in [5.41, 5.74) is 2.63. The first-order valence-corrected chi connectivity index (χ1v) is 15.4. The van der Waals surface area contributed by atoms with Gasteiger partial charge in [-0.1, -0.05) is 24.3 Å². The first-order valence-electron chi connectivity index (χ1n) is 15.4. The molecule has 6 bridgehead atoms. The topological polar surface area (TPSA) is 136 Å². The Bertz CT molecular complexity index is 2030. The zero-order chi connectivity index (χ0) is 33.2. The largest absolute Gasteiger partial charge is 0.496 e. The number of carbonyl (C=O) groups excluding carboxylic acids is 3. The molecule has 8 rings (SSSR count). The lowest BCUT2D eigenvalue weighted by atomic mass is 9.99. The molecule has 0 spiro atoms. The van der Waals surface area contributed by atoms with Gasteiger partial charge in [-0.2, -0.15) is 5.10 Å². The lowest BCUT2D eigenvalue weighted by Crippen LogP contribution is -2.58. The number of nitrogens with zero attached hydrogens (tertiary/aromatic N) is 4. The molecule has 0 unspecified atom stereocenters. The van der Waals surface area contributed by atoms with Crippen LogP contribution in [0.3, 0.4) is 0 Å². The quantitative estimate of drug-likeness (QED) is 0.296. The van der Waals surface area contributed by atoms with E-state index in [9.17, 15) is 14.4 Å². The summed E-state index contributed by atoms with van der Waals surface area (Å²) in [6.45, 7) is 0.384. The fraction of sp³-hybridized carbons (Fsp3) is 0.229. The summed E-state index contributed by atoms with van der Waals surface area (Å²) in [6.07, 6.45) is 1.15. The molecule has 1 fully saturated rings. The number of carbonyl (C=O) groups is 3. The molecule has 2 atom stereocenters. The summed E-state index contributed by atoms with van der Waals surface area (Å²) in [6, 6.07) is 20.9.